The standard InChI is InChI=1S/C15H19F3N2O3/c1-23-12-5-4-10(13(7-12)15(16,17)18)8-19-14(22)20-6-2-3-11(21)9-20/h4-5,7,11,21H,2-3,6,8-9H2,1H3,(H,19,22). The molecule has 1 aliphatic heterocycles. The van der Waals surface area contributed by atoms with Gasteiger partial charge in [-0.25, -0.2) is 4.79 Å². The fourth-order valence-corrected chi connectivity index (χ4v) is 2.52. The van der Waals surface area contributed by atoms with Crippen LogP contribution in [0.25, 0.3) is 0 Å². The van der Waals surface area contributed by atoms with E-state index in [1.165, 1.54) is 24.1 Å². The van der Waals surface area contributed by atoms with Gasteiger partial charge in [-0.2, -0.15) is 13.2 Å². The van der Waals surface area contributed by atoms with E-state index >= 15 is 0 Å². The normalized spacial score (nSPS) is 18.7. The lowest BCUT2D eigenvalue weighted by atomic mass is 10.1. The van der Waals surface area contributed by atoms with Gasteiger partial charge in [0.05, 0.1) is 18.8 Å². The molecule has 5 nitrogen and oxygen atoms in total. The second-order valence-electron chi connectivity index (χ2n) is 5.42. The van der Waals surface area contributed by atoms with E-state index in [0.717, 1.165) is 6.07 Å². The molecule has 1 aromatic rings. The number of hydrogen-bond donors (Lipinski definition) is 2. The van der Waals surface area contributed by atoms with Crippen LogP contribution in [0, 0.1) is 0 Å². The van der Waals surface area contributed by atoms with Gasteiger partial charge < -0.3 is 20.1 Å². The number of piperidine rings is 1. The number of halogens is 3. The molecule has 1 saturated heterocycles. The van der Waals surface area contributed by atoms with Gasteiger partial charge in [-0.05, 0) is 30.5 Å². The van der Waals surface area contributed by atoms with Crippen molar-refractivity contribution in [1.29, 1.82) is 0 Å². The number of benzene rings is 1. The zero-order valence-corrected chi connectivity index (χ0v) is 12.7. The molecule has 8 heteroatoms. The minimum absolute atomic E-state index is 0.0378. The van der Waals surface area contributed by atoms with Crippen LogP contribution in [0.15, 0.2) is 18.2 Å². The van der Waals surface area contributed by atoms with Gasteiger partial charge in [-0.15, -0.1) is 0 Å². The van der Waals surface area contributed by atoms with Crippen LogP contribution in [0.1, 0.15) is 24.0 Å². The van der Waals surface area contributed by atoms with Crippen molar-refractivity contribution < 1.29 is 27.8 Å². The average Bonchev–Trinajstić information content (AvgIpc) is 2.51. The fraction of sp³-hybridized carbons (Fsp3) is 0.533. The molecule has 1 atom stereocenters. The van der Waals surface area contributed by atoms with Crippen LogP contribution in [0.3, 0.4) is 0 Å². The molecular formula is C15H19F3N2O3. The Morgan fingerprint density at radius 2 is 2.22 bits per heavy atom. The smallest absolute Gasteiger partial charge is 0.416 e. The number of aliphatic hydroxyl groups excluding tert-OH is 1. The number of nitrogens with one attached hydrogen (secondary N) is 1. The third-order valence-electron chi connectivity index (χ3n) is 3.74. The molecule has 128 valence electrons. The Balaban J connectivity index is 2.06. The van der Waals surface area contributed by atoms with Crippen LogP contribution in [-0.2, 0) is 12.7 Å². The van der Waals surface area contributed by atoms with Gasteiger partial charge in [0, 0.05) is 19.6 Å². The highest BCUT2D eigenvalue weighted by Crippen LogP contribution is 2.34. The lowest BCUT2D eigenvalue weighted by Crippen LogP contribution is -2.46. The number of amides is 2. The van der Waals surface area contributed by atoms with Crippen molar-refractivity contribution in [3.63, 3.8) is 0 Å². The molecule has 0 spiro atoms. The molecule has 2 N–H and O–H groups in total. The summed E-state index contributed by atoms with van der Waals surface area (Å²) in [7, 11) is 1.29. The van der Waals surface area contributed by atoms with Crippen LogP contribution < -0.4 is 10.1 Å². The predicted octanol–water partition coefficient (Wildman–Crippen LogP) is 2.38. The topological polar surface area (TPSA) is 61.8 Å². The number of nitrogens with zero attached hydrogens (tertiary/aromatic N) is 1. The quantitative estimate of drug-likeness (QED) is 0.893. The van der Waals surface area contributed by atoms with E-state index in [9.17, 15) is 23.1 Å². The summed E-state index contributed by atoms with van der Waals surface area (Å²) in [5.41, 5.74) is -0.875. The Kier molecular flexibility index (Phi) is 5.35. The Hall–Kier alpha value is -1.96. The number of aliphatic hydroxyl groups is 1. The molecule has 0 saturated carbocycles. The Bertz CT molecular complexity index is 563. The first kappa shape index (κ1) is 17.4. The van der Waals surface area contributed by atoms with Gasteiger partial charge in [-0.1, -0.05) is 6.07 Å². The van der Waals surface area contributed by atoms with Gasteiger partial charge in [0.25, 0.3) is 0 Å². The summed E-state index contributed by atoms with van der Waals surface area (Å²) >= 11 is 0. The molecule has 0 aromatic heterocycles. The molecule has 1 aliphatic rings. The third kappa shape index (κ3) is 4.51. The summed E-state index contributed by atoms with van der Waals surface area (Å²) < 4.78 is 44.1. The van der Waals surface area contributed by atoms with E-state index in [1.807, 2.05) is 0 Å². The van der Waals surface area contributed by atoms with Crippen LogP contribution in [0.2, 0.25) is 0 Å². The Morgan fingerprint density at radius 3 is 2.83 bits per heavy atom. The highest BCUT2D eigenvalue weighted by molar-refractivity contribution is 5.74. The second kappa shape index (κ2) is 7.08. The van der Waals surface area contributed by atoms with E-state index in [2.05, 4.69) is 5.32 Å². The summed E-state index contributed by atoms with van der Waals surface area (Å²) in [5.74, 6) is 0.103. The Morgan fingerprint density at radius 1 is 1.48 bits per heavy atom. The van der Waals surface area contributed by atoms with Crippen molar-refractivity contribution in [1.82, 2.24) is 10.2 Å². The lowest BCUT2D eigenvalue weighted by molar-refractivity contribution is -0.138. The molecule has 2 rings (SSSR count). The second-order valence-corrected chi connectivity index (χ2v) is 5.42. The zero-order chi connectivity index (χ0) is 17.0. The number of hydrogen-bond acceptors (Lipinski definition) is 3. The monoisotopic (exact) mass is 332 g/mol. The first-order valence-corrected chi connectivity index (χ1v) is 7.26. The number of methoxy groups -OCH3 is 1. The molecule has 23 heavy (non-hydrogen) atoms. The van der Waals surface area contributed by atoms with E-state index in [1.54, 1.807) is 0 Å². The van der Waals surface area contributed by atoms with Crippen molar-refractivity contribution >= 4 is 6.03 Å². The van der Waals surface area contributed by atoms with Crippen molar-refractivity contribution in [2.75, 3.05) is 20.2 Å². The summed E-state index contributed by atoms with van der Waals surface area (Å²) in [6, 6.07) is 3.13. The van der Waals surface area contributed by atoms with Gasteiger partial charge >= 0.3 is 12.2 Å². The summed E-state index contributed by atoms with van der Waals surface area (Å²) in [5, 5.41) is 12.0. The van der Waals surface area contributed by atoms with E-state index in [4.69, 9.17) is 4.74 Å². The number of carbonyl (C=O) groups excluding carboxylic acids is 1. The number of β-amino-alcohol motifs (C(OH)–C–C–N with tert-alkyl or cyclic N) is 1. The van der Waals surface area contributed by atoms with E-state index in [-0.39, 0.29) is 24.4 Å². The van der Waals surface area contributed by atoms with Crippen molar-refractivity contribution in [2.24, 2.45) is 0 Å². The third-order valence-corrected chi connectivity index (χ3v) is 3.74. The number of alkyl halides is 3. The SMILES string of the molecule is COc1ccc(CNC(=O)N2CCCC(O)C2)c(C(F)(F)F)c1. The van der Waals surface area contributed by atoms with Crippen molar-refractivity contribution in [3.05, 3.63) is 29.3 Å². The molecule has 1 aromatic carbocycles. The van der Waals surface area contributed by atoms with E-state index < -0.39 is 23.9 Å². The van der Waals surface area contributed by atoms with Crippen molar-refractivity contribution in [2.45, 2.75) is 31.7 Å². The number of rotatable bonds is 3. The molecule has 0 bridgehead atoms. The summed E-state index contributed by atoms with van der Waals surface area (Å²) in [6.45, 7) is 0.433. The molecule has 2 amide bonds. The summed E-state index contributed by atoms with van der Waals surface area (Å²) in [6.07, 6.45) is -3.82. The van der Waals surface area contributed by atoms with E-state index in [0.29, 0.717) is 19.4 Å². The van der Waals surface area contributed by atoms with Crippen LogP contribution in [-0.4, -0.2) is 42.3 Å². The van der Waals surface area contributed by atoms with Gasteiger partial charge in [-0.3, -0.25) is 0 Å². The number of urea groups is 1. The Labute approximate surface area is 132 Å². The number of ether oxygens (including phenoxy) is 1. The van der Waals surface area contributed by atoms with Gasteiger partial charge in [0.1, 0.15) is 5.75 Å². The van der Waals surface area contributed by atoms with Crippen LogP contribution in [0.4, 0.5) is 18.0 Å². The maximum absolute atomic E-state index is 13.1. The molecule has 0 radical (unpaired) electrons. The highest BCUT2D eigenvalue weighted by atomic mass is 19.4. The molecular weight excluding hydrogens is 313 g/mol. The fourth-order valence-electron chi connectivity index (χ4n) is 2.52. The largest absolute Gasteiger partial charge is 0.497 e. The predicted molar refractivity (Wildman–Crippen MR) is 77.0 cm³/mol. The number of likely N-dealkylation sites (tertiary alicyclic amines) is 1. The summed E-state index contributed by atoms with van der Waals surface area (Å²) in [4.78, 5) is 13.4. The molecule has 1 unspecified atom stereocenters. The minimum Gasteiger partial charge on any atom is -0.497 e. The number of carbonyl (C=O) groups is 1. The highest BCUT2D eigenvalue weighted by Gasteiger charge is 2.34. The molecule has 1 heterocycles. The maximum Gasteiger partial charge on any atom is 0.416 e. The van der Waals surface area contributed by atoms with Gasteiger partial charge in [0.2, 0.25) is 0 Å². The molecule has 0 aliphatic carbocycles. The zero-order valence-electron chi connectivity index (χ0n) is 12.7. The lowest BCUT2D eigenvalue weighted by Gasteiger charge is -2.30. The van der Waals surface area contributed by atoms with Crippen molar-refractivity contribution in [3.8, 4) is 5.75 Å². The van der Waals surface area contributed by atoms with Crippen LogP contribution in [0.5, 0.6) is 5.75 Å². The minimum atomic E-state index is -4.53. The van der Waals surface area contributed by atoms with Gasteiger partial charge in [0.15, 0.2) is 0 Å². The van der Waals surface area contributed by atoms with Crippen LogP contribution >= 0.6 is 0 Å². The first-order valence-electron chi connectivity index (χ1n) is 7.26. The molecule has 1 fully saturated rings. The average molecular weight is 332 g/mol. The maximum atomic E-state index is 13.1. The first-order chi connectivity index (χ1) is 10.8.